The minimum atomic E-state index is -0.383. The Kier molecular flexibility index (Phi) is 4.20. The van der Waals surface area contributed by atoms with Crippen LogP contribution in [-0.4, -0.2) is 14.1 Å². The minimum absolute atomic E-state index is 0.340. The molecule has 0 fully saturated rings. The SMILES string of the molecule is CCc1cnc2c(c1Nc1cc(C)cc(C)c1)c(=O)n(C)c(=O)n2C. The van der Waals surface area contributed by atoms with E-state index in [1.807, 2.05) is 32.9 Å². The second kappa shape index (κ2) is 6.20. The van der Waals surface area contributed by atoms with Crippen LogP contribution in [0.1, 0.15) is 23.6 Å². The zero-order valence-electron chi connectivity index (χ0n) is 15.2. The molecule has 0 bridgehead atoms. The van der Waals surface area contributed by atoms with Gasteiger partial charge in [0.15, 0.2) is 5.65 Å². The van der Waals surface area contributed by atoms with Gasteiger partial charge in [0.05, 0.1) is 5.69 Å². The van der Waals surface area contributed by atoms with Crippen molar-refractivity contribution in [1.29, 1.82) is 0 Å². The zero-order valence-corrected chi connectivity index (χ0v) is 15.2. The lowest BCUT2D eigenvalue weighted by atomic mass is 10.1. The van der Waals surface area contributed by atoms with Crippen LogP contribution in [0.4, 0.5) is 11.4 Å². The highest BCUT2D eigenvalue weighted by atomic mass is 16.2. The van der Waals surface area contributed by atoms with Gasteiger partial charge in [-0.15, -0.1) is 0 Å². The van der Waals surface area contributed by atoms with E-state index < -0.39 is 0 Å². The average molecular weight is 338 g/mol. The van der Waals surface area contributed by atoms with Gasteiger partial charge in [0, 0.05) is 26.0 Å². The van der Waals surface area contributed by atoms with Crippen molar-refractivity contribution in [3.05, 3.63) is 61.9 Å². The Morgan fingerprint density at radius 1 is 1.04 bits per heavy atom. The average Bonchev–Trinajstić information content (AvgIpc) is 2.56. The Bertz CT molecular complexity index is 1070. The van der Waals surface area contributed by atoms with Gasteiger partial charge >= 0.3 is 5.69 Å². The monoisotopic (exact) mass is 338 g/mol. The first kappa shape index (κ1) is 17.0. The first-order chi connectivity index (χ1) is 11.8. The molecule has 3 rings (SSSR count). The number of aryl methyl sites for hydroxylation is 4. The van der Waals surface area contributed by atoms with Crippen LogP contribution >= 0.6 is 0 Å². The van der Waals surface area contributed by atoms with Crippen LogP contribution in [0, 0.1) is 13.8 Å². The highest BCUT2D eigenvalue weighted by Gasteiger charge is 2.17. The van der Waals surface area contributed by atoms with E-state index in [4.69, 9.17) is 0 Å². The molecule has 0 saturated carbocycles. The Morgan fingerprint density at radius 3 is 2.28 bits per heavy atom. The summed E-state index contributed by atoms with van der Waals surface area (Å²) in [5.41, 5.74) is 4.50. The summed E-state index contributed by atoms with van der Waals surface area (Å²) < 4.78 is 2.53. The highest BCUT2D eigenvalue weighted by Crippen LogP contribution is 2.27. The first-order valence-electron chi connectivity index (χ1n) is 8.26. The molecule has 0 aliphatic carbocycles. The van der Waals surface area contributed by atoms with E-state index in [9.17, 15) is 9.59 Å². The standard InChI is InChI=1S/C19H22N4O2/c1-6-13-10-20-17-15(18(24)23(5)19(25)22(17)4)16(13)21-14-8-11(2)7-12(3)9-14/h7-10H,6H2,1-5H3,(H,20,21). The molecule has 3 aromatic rings. The van der Waals surface area contributed by atoms with Crippen molar-refractivity contribution in [3.8, 4) is 0 Å². The topological polar surface area (TPSA) is 68.9 Å². The van der Waals surface area contributed by atoms with Crippen molar-refractivity contribution in [2.75, 3.05) is 5.32 Å². The Hall–Kier alpha value is -2.89. The number of nitrogens with one attached hydrogen (secondary N) is 1. The maximum absolute atomic E-state index is 12.8. The van der Waals surface area contributed by atoms with Crippen molar-refractivity contribution in [1.82, 2.24) is 14.1 Å². The number of fused-ring (bicyclic) bond motifs is 1. The zero-order chi connectivity index (χ0) is 18.3. The van der Waals surface area contributed by atoms with Crippen molar-refractivity contribution < 1.29 is 0 Å². The third-order valence-corrected chi connectivity index (χ3v) is 4.42. The second-order valence-corrected chi connectivity index (χ2v) is 6.42. The molecule has 0 aliphatic rings. The summed E-state index contributed by atoms with van der Waals surface area (Å²) >= 11 is 0. The van der Waals surface area contributed by atoms with Crippen LogP contribution in [0.3, 0.4) is 0 Å². The molecule has 2 heterocycles. The lowest BCUT2D eigenvalue weighted by Crippen LogP contribution is -2.37. The first-order valence-corrected chi connectivity index (χ1v) is 8.26. The fourth-order valence-corrected chi connectivity index (χ4v) is 3.17. The van der Waals surface area contributed by atoms with Crippen LogP contribution in [0.15, 0.2) is 34.0 Å². The van der Waals surface area contributed by atoms with Crippen LogP contribution in [-0.2, 0) is 20.5 Å². The number of hydrogen-bond acceptors (Lipinski definition) is 4. The number of benzene rings is 1. The Morgan fingerprint density at radius 2 is 1.68 bits per heavy atom. The van der Waals surface area contributed by atoms with Crippen molar-refractivity contribution >= 4 is 22.4 Å². The fourth-order valence-electron chi connectivity index (χ4n) is 3.17. The predicted molar refractivity (Wildman–Crippen MR) is 101 cm³/mol. The van der Waals surface area contributed by atoms with Gasteiger partial charge in [0.1, 0.15) is 5.39 Å². The van der Waals surface area contributed by atoms with Crippen molar-refractivity contribution in [3.63, 3.8) is 0 Å². The number of aromatic nitrogens is 3. The Labute approximate surface area is 145 Å². The molecular formula is C19H22N4O2. The normalized spacial score (nSPS) is 11.1. The van der Waals surface area contributed by atoms with Gasteiger partial charge in [0.2, 0.25) is 0 Å². The largest absolute Gasteiger partial charge is 0.354 e. The smallest absolute Gasteiger partial charge is 0.332 e. The number of rotatable bonds is 3. The van der Waals surface area contributed by atoms with E-state index in [2.05, 4.69) is 16.4 Å². The fraction of sp³-hybridized carbons (Fsp3) is 0.316. The molecule has 6 heteroatoms. The summed E-state index contributed by atoms with van der Waals surface area (Å²) in [4.78, 5) is 29.3. The van der Waals surface area contributed by atoms with E-state index in [-0.39, 0.29) is 11.2 Å². The third kappa shape index (κ3) is 2.84. The summed E-state index contributed by atoms with van der Waals surface area (Å²) in [6.45, 7) is 6.08. The van der Waals surface area contributed by atoms with Crippen LogP contribution in [0.5, 0.6) is 0 Å². The summed E-state index contributed by atoms with van der Waals surface area (Å²) in [6.07, 6.45) is 2.45. The summed E-state index contributed by atoms with van der Waals surface area (Å²) in [6, 6.07) is 6.16. The number of anilines is 2. The highest BCUT2D eigenvalue weighted by molar-refractivity contribution is 5.92. The molecule has 0 atom stereocenters. The van der Waals surface area contributed by atoms with Gasteiger partial charge in [-0.2, -0.15) is 0 Å². The summed E-state index contributed by atoms with van der Waals surface area (Å²) in [5.74, 6) is 0. The summed E-state index contributed by atoms with van der Waals surface area (Å²) in [5, 5.41) is 3.83. The molecule has 1 aromatic carbocycles. The number of nitrogens with zero attached hydrogens (tertiary/aromatic N) is 3. The molecule has 0 aliphatic heterocycles. The van der Waals surface area contributed by atoms with E-state index in [0.29, 0.717) is 16.7 Å². The molecule has 0 radical (unpaired) electrons. The molecule has 25 heavy (non-hydrogen) atoms. The molecule has 1 N–H and O–H groups in total. The lowest BCUT2D eigenvalue weighted by molar-refractivity contribution is 0.707. The van der Waals surface area contributed by atoms with Gasteiger partial charge < -0.3 is 5.32 Å². The predicted octanol–water partition coefficient (Wildman–Crippen LogP) is 2.56. The number of pyridine rings is 1. The van der Waals surface area contributed by atoms with E-state index in [0.717, 1.165) is 33.4 Å². The van der Waals surface area contributed by atoms with E-state index in [1.54, 1.807) is 13.2 Å². The van der Waals surface area contributed by atoms with Crippen molar-refractivity contribution in [2.24, 2.45) is 14.1 Å². The van der Waals surface area contributed by atoms with Gasteiger partial charge in [-0.05, 0) is 49.1 Å². The van der Waals surface area contributed by atoms with E-state index >= 15 is 0 Å². The van der Waals surface area contributed by atoms with Crippen LogP contribution < -0.4 is 16.6 Å². The molecule has 0 saturated heterocycles. The van der Waals surface area contributed by atoms with E-state index in [1.165, 1.54) is 11.6 Å². The number of hydrogen-bond donors (Lipinski definition) is 1. The maximum atomic E-state index is 12.8. The van der Waals surface area contributed by atoms with Gasteiger partial charge in [-0.1, -0.05) is 13.0 Å². The Balaban J connectivity index is 2.36. The third-order valence-electron chi connectivity index (χ3n) is 4.42. The molecule has 0 amide bonds. The van der Waals surface area contributed by atoms with Crippen LogP contribution in [0.25, 0.3) is 11.0 Å². The van der Waals surface area contributed by atoms with Gasteiger partial charge in [-0.25, -0.2) is 9.78 Å². The summed E-state index contributed by atoms with van der Waals surface area (Å²) in [7, 11) is 3.12. The second-order valence-electron chi connectivity index (χ2n) is 6.42. The minimum Gasteiger partial charge on any atom is -0.354 e. The quantitative estimate of drug-likeness (QED) is 0.797. The van der Waals surface area contributed by atoms with Crippen LogP contribution in [0.2, 0.25) is 0 Å². The van der Waals surface area contributed by atoms with Crippen molar-refractivity contribution in [2.45, 2.75) is 27.2 Å². The maximum Gasteiger partial charge on any atom is 0.332 e. The molecular weight excluding hydrogens is 316 g/mol. The molecule has 0 unspecified atom stereocenters. The van der Waals surface area contributed by atoms with Gasteiger partial charge in [-0.3, -0.25) is 13.9 Å². The molecule has 2 aromatic heterocycles. The van der Waals surface area contributed by atoms with Gasteiger partial charge in [0.25, 0.3) is 5.56 Å². The lowest BCUT2D eigenvalue weighted by Gasteiger charge is -2.16. The molecule has 6 nitrogen and oxygen atoms in total. The molecule has 130 valence electrons. The molecule has 0 spiro atoms.